The summed E-state index contributed by atoms with van der Waals surface area (Å²) in [4.78, 5) is 34.4. The SMILES string of the molecule is O=C(Cn1cc(C(F)(F)F)cc(Cl)c1=O)Nc1ccc(C(=O)O)cc1. The summed E-state index contributed by atoms with van der Waals surface area (Å²) in [5.41, 5.74) is -1.87. The number of hydrogen-bond acceptors (Lipinski definition) is 3. The smallest absolute Gasteiger partial charge is 0.417 e. The molecule has 0 saturated carbocycles. The van der Waals surface area contributed by atoms with Crippen molar-refractivity contribution in [1.82, 2.24) is 4.57 Å². The van der Waals surface area contributed by atoms with Gasteiger partial charge in [0, 0.05) is 11.9 Å². The van der Waals surface area contributed by atoms with E-state index in [2.05, 4.69) is 5.32 Å². The van der Waals surface area contributed by atoms with E-state index in [1.165, 1.54) is 24.3 Å². The number of carbonyl (C=O) groups is 2. The maximum absolute atomic E-state index is 12.7. The van der Waals surface area contributed by atoms with E-state index in [1.807, 2.05) is 0 Å². The number of rotatable bonds is 4. The minimum absolute atomic E-state index is 0.00104. The number of nitrogens with zero attached hydrogens (tertiary/aromatic N) is 1. The second-order valence-corrected chi connectivity index (χ2v) is 5.35. The van der Waals surface area contributed by atoms with Gasteiger partial charge >= 0.3 is 12.1 Å². The molecule has 1 amide bonds. The van der Waals surface area contributed by atoms with Crippen LogP contribution in [0.1, 0.15) is 15.9 Å². The van der Waals surface area contributed by atoms with E-state index < -0.39 is 40.7 Å². The largest absolute Gasteiger partial charge is 0.478 e. The third-order valence-electron chi connectivity index (χ3n) is 3.10. The predicted octanol–water partition coefficient (Wildman–Crippen LogP) is 2.86. The Balaban J connectivity index is 2.19. The van der Waals surface area contributed by atoms with E-state index in [0.717, 1.165) is 0 Å². The molecule has 0 saturated heterocycles. The van der Waals surface area contributed by atoms with Crippen molar-refractivity contribution in [3.05, 3.63) is 63.0 Å². The van der Waals surface area contributed by atoms with E-state index >= 15 is 0 Å². The van der Waals surface area contributed by atoms with Crippen LogP contribution in [0.3, 0.4) is 0 Å². The average Bonchev–Trinajstić information content (AvgIpc) is 2.51. The summed E-state index contributed by atoms with van der Waals surface area (Å²) >= 11 is 5.50. The van der Waals surface area contributed by atoms with Crippen molar-refractivity contribution in [2.24, 2.45) is 0 Å². The molecular weight excluding hydrogens is 365 g/mol. The summed E-state index contributed by atoms with van der Waals surface area (Å²) in [5.74, 6) is -1.93. The van der Waals surface area contributed by atoms with Gasteiger partial charge in [-0.25, -0.2) is 4.79 Å². The van der Waals surface area contributed by atoms with Gasteiger partial charge < -0.3 is 15.0 Å². The van der Waals surface area contributed by atoms with Crippen LogP contribution in [0.2, 0.25) is 5.02 Å². The maximum Gasteiger partial charge on any atom is 0.417 e. The zero-order valence-electron chi connectivity index (χ0n) is 12.3. The molecule has 2 rings (SSSR count). The molecule has 0 fully saturated rings. The summed E-state index contributed by atoms with van der Waals surface area (Å²) in [6.45, 7) is -0.691. The van der Waals surface area contributed by atoms with Crippen molar-refractivity contribution in [3.63, 3.8) is 0 Å². The third-order valence-corrected chi connectivity index (χ3v) is 3.37. The van der Waals surface area contributed by atoms with Crippen molar-refractivity contribution in [3.8, 4) is 0 Å². The highest BCUT2D eigenvalue weighted by molar-refractivity contribution is 6.30. The average molecular weight is 375 g/mol. The number of pyridine rings is 1. The van der Waals surface area contributed by atoms with Crippen LogP contribution in [0.5, 0.6) is 0 Å². The zero-order valence-corrected chi connectivity index (χ0v) is 13.1. The van der Waals surface area contributed by atoms with Crippen LogP contribution in [0.25, 0.3) is 0 Å². The lowest BCUT2D eigenvalue weighted by atomic mass is 10.2. The first-order valence-electron chi connectivity index (χ1n) is 6.68. The fourth-order valence-electron chi connectivity index (χ4n) is 1.92. The highest BCUT2D eigenvalue weighted by Crippen LogP contribution is 2.29. The molecule has 0 atom stereocenters. The fraction of sp³-hybridized carbons (Fsp3) is 0.133. The summed E-state index contributed by atoms with van der Waals surface area (Å²) in [5, 5.41) is 10.5. The summed E-state index contributed by atoms with van der Waals surface area (Å²) in [6.07, 6.45) is -4.22. The van der Waals surface area contributed by atoms with E-state index in [-0.39, 0.29) is 11.3 Å². The molecular formula is C15H10ClF3N2O4. The lowest BCUT2D eigenvalue weighted by Gasteiger charge is -2.12. The summed E-state index contributed by atoms with van der Waals surface area (Å²) < 4.78 is 38.8. The quantitative estimate of drug-likeness (QED) is 0.861. The third kappa shape index (κ3) is 4.60. The van der Waals surface area contributed by atoms with Crippen LogP contribution in [-0.4, -0.2) is 21.6 Å². The first-order chi connectivity index (χ1) is 11.6. The van der Waals surface area contributed by atoms with Gasteiger partial charge in [-0.15, -0.1) is 0 Å². The molecule has 132 valence electrons. The molecule has 0 unspecified atom stereocenters. The first kappa shape index (κ1) is 18.5. The molecule has 1 aromatic heterocycles. The van der Waals surface area contributed by atoms with Crippen molar-refractivity contribution in [1.29, 1.82) is 0 Å². The number of aromatic carboxylic acids is 1. The monoisotopic (exact) mass is 374 g/mol. The molecule has 0 radical (unpaired) electrons. The second kappa shape index (κ2) is 6.98. The number of anilines is 1. The topological polar surface area (TPSA) is 88.4 Å². The lowest BCUT2D eigenvalue weighted by molar-refractivity contribution is -0.138. The molecule has 1 heterocycles. The normalized spacial score (nSPS) is 11.2. The Morgan fingerprint density at radius 2 is 1.80 bits per heavy atom. The van der Waals surface area contributed by atoms with Crippen molar-refractivity contribution in [2.45, 2.75) is 12.7 Å². The van der Waals surface area contributed by atoms with Gasteiger partial charge in [0.2, 0.25) is 5.91 Å². The Kier molecular flexibility index (Phi) is 5.17. The van der Waals surface area contributed by atoms with Gasteiger partial charge in [0.25, 0.3) is 5.56 Å². The van der Waals surface area contributed by atoms with Crippen LogP contribution in [-0.2, 0) is 17.5 Å². The van der Waals surface area contributed by atoms with Gasteiger partial charge in [-0.3, -0.25) is 9.59 Å². The van der Waals surface area contributed by atoms with Gasteiger partial charge in [0.05, 0.1) is 11.1 Å². The number of carboxylic acids is 1. The molecule has 0 bridgehead atoms. The highest BCUT2D eigenvalue weighted by Gasteiger charge is 2.32. The van der Waals surface area contributed by atoms with Crippen LogP contribution in [0.4, 0.5) is 18.9 Å². The Bertz CT molecular complexity index is 876. The Morgan fingerprint density at radius 3 is 2.32 bits per heavy atom. The van der Waals surface area contributed by atoms with Crippen molar-refractivity contribution in [2.75, 3.05) is 5.32 Å². The first-order valence-corrected chi connectivity index (χ1v) is 7.06. The second-order valence-electron chi connectivity index (χ2n) is 4.94. The molecule has 0 aliphatic heterocycles. The fourth-order valence-corrected chi connectivity index (χ4v) is 2.15. The molecule has 0 aliphatic rings. The van der Waals surface area contributed by atoms with Gasteiger partial charge in [-0.05, 0) is 30.3 Å². The molecule has 6 nitrogen and oxygen atoms in total. The van der Waals surface area contributed by atoms with E-state index in [0.29, 0.717) is 16.8 Å². The van der Waals surface area contributed by atoms with Crippen LogP contribution in [0, 0.1) is 0 Å². The molecule has 0 aliphatic carbocycles. The molecule has 2 aromatic rings. The number of amides is 1. The Hall–Kier alpha value is -2.81. The zero-order chi connectivity index (χ0) is 18.8. The van der Waals surface area contributed by atoms with Crippen molar-refractivity contribution < 1.29 is 27.9 Å². The van der Waals surface area contributed by atoms with Crippen LogP contribution in [0.15, 0.2) is 41.3 Å². The van der Waals surface area contributed by atoms with Crippen LogP contribution >= 0.6 is 11.6 Å². The number of carboxylic acid groups (broad SMARTS) is 1. The number of benzene rings is 1. The number of hydrogen-bond donors (Lipinski definition) is 2. The highest BCUT2D eigenvalue weighted by atomic mass is 35.5. The molecule has 25 heavy (non-hydrogen) atoms. The van der Waals surface area contributed by atoms with Gasteiger partial charge in [0.15, 0.2) is 0 Å². The minimum atomic E-state index is -4.72. The van der Waals surface area contributed by atoms with E-state index in [9.17, 15) is 27.6 Å². The maximum atomic E-state index is 12.7. The Labute approximate surface area is 143 Å². The number of halogens is 4. The Morgan fingerprint density at radius 1 is 1.20 bits per heavy atom. The lowest BCUT2D eigenvalue weighted by Crippen LogP contribution is -2.29. The minimum Gasteiger partial charge on any atom is -0.478 e. The molecule has 10 heteroatoms. The number of aromatic nitrogens is 1. The van der Waals surface area contributed by atoms with E-state index in [4.69, 9.17) is 16.7 Å². The predicted molar refractivity (Wildman–Crippen MR) is 82.7 cm³/mol. The molecule has 1 aromatic carbocycles. The van der Waals surface area contributed by atoms with Crippen molar-refractivity contribution >= 4 is 29.2 Å². The van der Waals surface area contributed by atoms with Gasteiger partial charge in [-0.2, -0.15) is 13.2 Å². The number of alkyl halides is 3. The molecule has 0 spiro atoms. The van der Waals surface area contributed by atoms with E-state index in [1.54, 1.807) is 0 Å². The standard InChI is InChI=1S/C15H10ClF3N2O4/c16-11-5-9(15(17,18)19)6-21(13(11)23)7-12(22)20-10-3-1-8(2-4-10)14(24)25/h1-6H,7H2,(H,20,22)(H,24,25). The van der Waals surface area contributed by atoms with Gasteiger partial charge in [0.1, 0.15) is 11.6 Å². The summed E-state index contributed by atoms with van der Waals surface area (Å²) in [6, 6.07) is 5.59. The summed E-state index contributed by atoms with van der Waals surface area (Å²) in [7, 11) is 0. The van der Waals surface area contributed by atoms with Gasteiger partial charge in [-0.1, -0.05) is 11.6 Å². The molecule has 2 N–H and O–H groups in total. The van der Waals surface area contributed by atoms with Crippen LogP contribution < -0.4 is 10.9 Å². The number of carbonyl (C=O) groups excluding carboxylic acids is 1. The number of nitrogens with one attached hydrogen (secondary N) is 1.